The van der Waals surface area contributed by atoms with Crippen molar-refractivity contribution in [1.82, 2.24) is 15.0 Å². The SMILES string of the molecule is CNc1ncc(-c2nc3cc(N4CCOCC(C)C4)ccc3o2)c2cc(NC(=O)C3CC3)ncc12. The summed E-state index contributed by atoms with van der Waals surface area (Å²) < 4.78 is 11.9. The zero-order valence-electron chi connectivity index (χ0n) is 19.9. The number of amides is 1. The van der Waals surface area contributed by atoms with Crippen LogP contribution in [0.1, 0.15) is 19.8 Å². The third-order valence-corrected chi connectivity index (χ3v) is 6.61. The lowest BCUT2D eigenvalue weighted by Gasteiger charge is -2.23. The summed E-state index contributed by atoms with van der Waals surface area (Å²) in [5, 5.41) is 7.73. The fraction of sp³-hybridized carbons (Fsp3) is 0.385. The minimum atomic E-state index is 0.0175. The van der Waals surface area contributed by atoms with E-state index in [2.05, 4.69) is 44.6 Å². The molecule has 1 saturated heterocycles. The Morgan fingerprint density at radius 2 is 2.03 bits per heavy atom. The van der Waals surface area contributed by atoms with E-state index >= 15 is 0 Å². The molecule has 1 unspecified atom stereocenters. The van der Waals surface area contributed by atoms with Crippen molar-refractivity contribution in [2.24, 2.45) is 11.8 Å². The number of nitrogens with zero attached hydrogens (tertiary/aromatic N) is 4. The van der Waals surface area contributed by atoms with Gasteiger partial charge in [0.15, 0.2) is 5.58 Å². The van der Waals surface area contributed by atoms with Crippen LogP contribution in [0.25, 0.3) is 33.3 Å². The number of hydrogen-bond donors (Lipinski definition) is 2. The van der Waals surface area contributed by atoms with Gasteiger partial charge in [-0.05, 0) is 43.0 Å². The predicted molar refractivity (Wildman–Crippen MR) is 136 cm³/mol. The van der Waals surface area contributed by atoms with Gasteiger partial charge in [-0.2, -0.15) is 0 Å². The first-order valence-corrected chi connectivity index (χ1v) is 12.1. The van der Waals surface area contributed by atoms with Gasteiger partial charge in [-0.15, -0.1) is 0 Å². The average Bonchev–Trinajstić information content (AvgIpc) is 3.67. The Hall–Kier alpha value is -3.72. The number of aromatic nitrogens is 3. The van der Waals surface area contributed by atoms with Crippen LogP contribution in [-0.4, -0.2) is 54.2 Å². The van der Waals surface area contributed by atoms with Gasteiger partial charge < -0.3 is 24.7 Å². The Morgan fingerprint density at radius 1 is 1.14 bits per heavy atom. The molecule has 0 bridgehead atoms. The van der Waals surface area contributed by atoms with Crippen molar-refractivity contribution in [2.75, 3.05) is 48.9 Å². The number of carbonyl (C=O) groups is 1. The molecule has 9 heteroatoms. The van der Waals surface area contributed by atoms with Crippen molar-refractivity contribution in [2.45, 2.75) is 19.8 Å². The van der Waals surface area contributed by atoms with Gasteiger partial charge in [0.2, 0.25) is 11.8 Å². The van der Waals surface area contributed by atoms with Gasteiger partial charge >= 0.3 is 0 Å². The summed E-state index contributed by atoms with van der Waals surface area (Å²) in [4.78, 5) is 28.4. The Kier molecular flexibility index (Phi) is 5.49. The summed E-state index contributed by atoms with van der Waals surface area (Å²) in [5.74, 6) is 2.28. The number of pyridine rings is 2. The van der Waals surface area contributed by atoms with E-state index in [1.54, 1.807) is 12.4 Å². The molecule has 0 radical (unpaired) electrons. The van der Waals surface area contributed by atoms with Crippen molar-refractivity contribution in [3.05, 3.63) is 36.7 Å². The molecule has 35 heavy (non-hydrogen) atoms. The van der Waals surface area contributed by atoms with Gasteiger partial charge in [0, 0.05) is 54.9 Å². The lowest BCUT2D eigenvalue weighted by atomic mass is 10.1. The number of anilines is 3. The number of rotatable bonds is 5. The molecule has 0 spiro atoms. The van der Waals surface area contributed by atoms with E-state index in [4.69, 9.17) is 14.1 Å². The first-order chi connectivity index (χ1) is 17.1. The molecule has 1 aliphatic carbocycles. The monoisotopic (exact) mass is 472 g/mol. The summed E-state index contributed by atoms with van der Waals surface area (Å²) in [6.07, 6.45) is 5.35. The molecule has 1 aromatic carbocycles. The smallest absolute Gasteiger partial charge is 0.229 e. The van der Waals surface area contributed by atoms with Crippen molar-refractivity contribution < 1.29 is 13.9 Å². The fourth-order valence-electron chi connectivity index (χ4n) is 4.59. The molecular formula is C26H28N6O3. The van der Waals surface area contributed by atoms with Gasteiger partial charge in [-0.25, -0.2) is 15.0 Å². The number of hydrogen-bond acceptors (Lipinski definition) is 8. The highest BCUT2D eigenvalue weighted by molar-refractivity contribution is 6.03. The topological polar surface area (TPSA) is 105 Å². The van der Waals surface area contributed by atoms with Crippen molar-refractivity contribution in [1.29, 1.82) is 0 Å². The molecule has 4 aromatic rings. The van der Waals surface area contributed by atoms with E-state index in [9.17, 15) is 4.79 Å². The molecule has 2 aliphatic rings. The normalized spacial score (nSPS) is 18.6. The highest BCUT2D eigenvalue weighted by Gasteiger charge is 2.30. The first-order valence-electron chi connectivity index (χ1n) is 12.1. The van der Waals surface area contributed by atoms with Gasteiger partial charge in [0.1, 0.15) is 17.2 Å². The maximum atomic E-state index is 12.3. The quantitative estimate of drug-likeness (QED) is 0.443. The summed E-state index contributed by atoms with van der Waals surface area (Å²) >= 11 is 0. The molecule has 1 atom stereocenters. The maximum Gasteiger partial charge on any atom is 0.229 e. The molecule has 1 saturated carbocycles. The second-order valence-corrected chi connectivity index (χ2v) is 9.45. The van der Waals surface area contributed by atoms with Crippen molar-refractivity contribution in [3.63, 3.8) is 0 Å². The molecule has 3 aromatic heterocycles. The minimum Gasteiger partial charge on any atom is -0.436 e. The third kappa shape index (κ3) is 4.27. The van der Waals surface area contributed by atoms with E-state index in [-0.39, 0.29) is 11.8 Å². The van der Waals surface area contributed by atoms with Crippen LogP contribution in [0.15, 0.2) is 41.1 Å². The molecule has 1 amide bonds. The van der Waals surface area contributed by atoms with Crippen LogP contribution in [-0.2, 0) is 9.53 Å². The Balaban J connectivity index is 1.39. The third-order valence-electron chi connectivity index (χ3n) is 6.61. The highest BCUT2D eigenvalue weighted by atomic mass is 16.5. The maximum absolute atomic E-state index is 12.3. The molecule has 1 aliphatic heterocycles. The van der Waals surface area contributed by atoms with Crippen molar-refractivity contribution >= 4 is 45.1 Å². The second kappa shape index (κ2) is 8.81. The summed E-state index contributed by atoms with van der Waals surface area (Å²) in [5.41, 5.74) is 3.36. The second-order valence-electron chi connectivity index (χ2n) is 9.45. The summed E-state index contributed by atoms with van der Waals surface area (Å²) in [6, 6.07) is 7.98. The van der Waals surface area contributed by atoms with Crippen LogP contribution in [0.5, 0.6) is 0 Å². The van der Waals surface area contributed by atoms with E-state index in [0.29, 0.717) is 29.0 Å². The molecule has 2 N–H and O–H groups in total. The number of carbonyl (C=O) groups excluding carboxylic acids is 1. The molecule has 6 rings (SSSR count). The zero-order valence-corrected chi connectivity index (χ0v) is 19.9. The molecule has 180 valence electrons. The van der Waals surface area contributed by atoms with E-state index in [1.807, 2.05) is 19.2 Å². The number of fused-ring (bicyclic) bond motifs is 2. The average molecular weight is 473 g/mol. The predicted octanol–water partition coefficient (Wildman–Crippen LogP) is 4.30. The Morgan fingerprint density at radius 3 is 2.86 bits per heavy atom. The Bertz CT molecular complexity index is 1410. The highest BCUT2D eigenvalue weighted by Crippen LogP contribution is 2.35. The standard InChI is InChI=1S/C26H28N6O3/c1-15-13-32(7-8-34-14-15)17-5-6-22-21(9-17)30-26(35-22)20-12-29-24(27-2)19-11-28-23(10-18(19)20)31-25(33)16-3-4-16/h5-6,9-12,15-16H,3-4,7-8,13-14H2,1-2H3,(H,27,29)(H,28,31,33). The van der Waals surface area contributed by atoms with Crippen LogP contribution in [0.4, 0.5) is 17.3 Å². The number of oxazole rings is 1. The van der Waals surface area contributed by atoms with E-state index < -0.39 is 0 Å². The number of nitrogens with one attached hydrogen (secondary N) is 2. The molecule has 2 fully saturated rings. The van der Waals surface area contributed by atoms with Gasteiger partial charge in [-0.3, -0.25) is 4.79 Å². The van der Waals surface area contributed by atoms with E-state index in [0.717, 1.165) is 66.7 Å². The largest absolute Gasteiger partial charge is 0.436 e. The number of benzene rings is 1. The van der Waals surface area contributed by atoms with E-state index in [1.165, 1.54) is 0 Å². The molecule has 4 heterocycles. The van der Waals surface area contributed by atoms with Gasteiger partial charge in [0.05, 0.1) is 18.8 Å². The number of ether oxygens (including phenoxy) is 1. The summed E-state index contributed by atoms with van der Waals surface area (Å²) in [6.45, 7) is 5.50. The lowest BCUT2D eigenvalue weighted by molar-refractivity contribution is -0.117. The van der Waals surface area contributed by atoms with Crippen LogP contribution >= 0.6 is 0 Å². The Labute approximate surface area is 202 Å². The fourth-order valence-corrected chi connectivity index (χ4v) is 4.59. The van der Waals surface area contributed by atoms with Crippen LogP contribution in [0, 0.1) is 11.8 Å². The van der Waals surface area contributed by atoms with Crippen LogP contribution in [0.2, 0.25) is 0 Å². The zero-order chi connectivity index (χ0) is 23.9. The van der Waals surface area contributed by atoms with Gasteiger partial charge in [-0.1, -0.05) is 6.92 Å². The molecular weight excluding hydrogens is 444 g/mol. The molecule has 9 nitrogen and oxygen atoms in total. The first kappa shape index (κ1) is 21.8. The van der Waals surface area contributed by atoms with Crippen LogP contribution < -0.4 is 15.5 Å². The van der Waals surface area contributed by atoms with Crippen molar-refractivity contribution in [3.8, 4) is 11.5 Å². The lowest BCUT2D eigenvalue weighted by Crippen LogP contribution is -2.28. The summed E-state index contributed by atoms with van der Waals surface area (Å²) in [7, 11) is 1.82. The van der Waals surface area contributed by atoms with Crippen LogP contribution in [0.3, 0.4) is 0 Å². The minimum absolute atomic E-state index is 0.0175. The van der Waals surface area contributed by atoms with Gasteiger partial charge in [0.25, 0.3) is 0 Å².